The van der Waals surface area contributed by atoms with E-state index in [9.17, 15) is 5.11 Å². The van der Waals surface area contributed by atoms with Crippen molar-refractivity contribution in [1.29, 1.82) is 0 Å². The molecule has 15 heavy (non-hydrogen) atoms. The average molecular weight is 204 g/mol. The van der Waals surface area contributed by atoms with Gasteiger partial charge < -0.3 is 5.11 Å². The van der Waals surface area contributed by atoms with Crippen molar-refractivity contribution in [3.05, 3.63) is 34.9 Å². The first kappa shape index (κ1) is 10.7. The lowest BCUT2D eigenvalue weighted by molar-refractivity contribution is 0.130. The topological polar surface area (TPSA) is 20.2 Å². The predicted molar refractivity (Wildman–Crippen MR) is 63.0 cm³/mol. The first-order valence-corrected chi connectivity index (χ1v) is 5.83. The molecular formula is C14H20O. The minimum absolute atomic E-state index is 0.392. The van der Waals surface area contributed by atoms with Crippen molar-refractivity contribution in [3.8, 4) is 0 Å². The number of hydrogen-bond donors (Lipinski definition) is 1. The van der Waals surface area contributed by atoms with Crippen LogP contribution in [0.1, 0.15) is 36.5 Å². The summed E-state index contributed by atoms with van der Waals surface area (Å²) in [5.41, 5.74) is 3.53. The summed E-state index contributed by atoms with van der Waals surface area (Å²) in [6.07, 6.45) is 2.91. The molecule has 0 radical (unpaired) electrons. The summed E-state index contributed by atoms with van der Waals surface area (Å²) in [5, 5.41) is 10.2. The number of aryl methyl sites for hydroxylation is 2. The molecule has 2 atom stereocenters. The van der Waals surface area contributed by atoms with E-state index in [2.05, 4.69) is 39.0 Å². The van der Waals surface area contributed by atoms with Gasteiger partial charge in [0.1, 0.15) is 0 Å². The number of hydrogen-bond acceptors (Lipinski definition) is 1. The Morgan fingerprint density at radius 1 is 1.33 bits per heavy atom. The Morgan fingerprint density at radius 2 is 2.07 bits per heavy atom. The highest BCUT2D eigenvalue weighted by Crippen LogP contribution is 2.47. The molecule has 0 bridgehead atoms. The molecule has 2 rings (SSSR count). The highest BCUT2D eigenvalue weighted by molar-refractivity contribution is 5.31. The Balaban J connectivity index is 2.09. The predicted octanol–water partition coefficient (Wildman–Crippen LogP) is 3.01. The third kappa shape index (κ3) is 2.07. The van der Waals surface area contributed by atoms with Gasteiger partial charge in [-0.15, -0.1) is 0 Å². The van der Waals surface area contributed by atoms with Gasteiger partial charge in [0.05, 0.1) is 5.60 Å². The van der Waals surface area contributed by atoms with Crippen molar-refractivity contribution in [1.82, 2.24) is 0 Å². The lowest BCUT2D eigenvalue weighted by atomic mass is 10.00. The first-order chi connectivity index (χ1) is 7.05. The largest absolute Gasteiger partial charge is 0.389 e. The van der Waals surface area contributed by atoms with Crippen molar-refractivity contribution in [2.24, 2.45) is 5.92 Å². The SMILES string of the molecule is CCC1CC1(O)Cc1ccc(C)c(C)c1. The van der Waals surface area contributed by atoms with E-state index in [-0.39, 0.29) is 0 Å². The van der Waals surface area contributed by atoms with Crippen LogP contribution in [0.25, 0.3) is 0 Å². The summed E-state index contributed by atoms with van der Waals surface area (Å²) in [5.74, 6) is 0.527. The molecule has 1 aromatic carbocycles. The van der Waals surface area contributed by atoms with Gasteiger partial charge in [-0.1, -0.05) is 31.5 Å². The smallest absolute Gasteiger partial charge is 0.0720 e. The first-order valence-electron chi connectivity index (χ1n) is 5.83. The Kier molecular flexibility index (Phi) is 2.59. The van der Waals surface area contributed by atoms with E-state index in [1.165, 1.54) is 16.7 Å². The van der Waals surface area contributed by atoms with Crippen LogP contribution in [0.2, 0.25) is 0 Å². The Bertz CT molecular complexity index is 370. The summed E-state index contributed by atoms with van der Waals surface area (Å²) in [7, 11) is 0. The fourth-order valence-electron chi connectivity index (χ4n) is 2.38. The Labute approximate surface area is 92.1 Å². The molecule has 2 unspecified atom stereocenters. The molecule has 0 amide bonds. The molecule has 1 aliphatic rings. The fourth-order valence-corrected chi connectivity index (χ4v) is 2.38. The molecule has 1 aromatic rings. The van der Waals surface area contributed by atoms with Crippen LogP contribution in [-0.4, -0.2) is 10.7 Å². The van der Waals surface area contributed by atoms with Crippen LogP contribution in [0, 0.1) is 19.8 Å². The zero-order chi connectivity index (χ0) is 11.1. The molecule has 0 spiro atoms. The van der Waals surface area contributed by atoms with E-state index >= 15 is 0 Å². The molecule has 1 N–H and O–H groups in total. The highest BCUT2D eigenvalue weighted by atomic mass is 16.3. The molecule has 1 nitrogen and oxygen atoms in total. The molecule has 0 aromatic heterocycles. The number of aliphatic hydroxyl groups is 1. The van der Waals surface area contributed by atoms with Gasteiger partial charge in [-0.05, 0) is 42.9 Å². The van der Waals surface area contributed by atoms with Gasteiger partial charge in [-0.25, -0.2) is 0 Å². The molecule has 1 fully saturated rings. The lowest BCUT2D eigenvalue weighted by Crippen LogP contribution is -2.14. The zero-order valence-corrected chi connectivity index (χ0v) is 9.88. The number of benzene rings is 1. The van der Waals surface area contributed by atoms with Crippen LogP contribution in [0.3, 0.4) is 0 Å². The standard InChI is InChI=1S/C14H20O/c1-4-13-9-14(13,15)8-12-6-5-10(2)11(3)7-12/h5-7,13,15H,4,8-9H2,1-3H3. The summed E-state index contributed by atoms with van der Waals surface area (Å²) in [4.78, 5) is 0. The summed E-state index contributed by atoms with van der Waals surface area (Å²) < 4.78 is 0. The van der Waals surface area contributed by atoms with E-state index in [4.69, 9.17) is 0 Å². The summed E-state index contributed by atoms with van der Waals surface area (Å²) in [6.45, 7) is 6.41. The van der Waals surface area contributed by atoms with E-state index in [1.807, 2.05) is 0 Å². The zero-order valence-electron chi connectivity index (χ0n) is 9.88. The van der Waals surface area contributed by atoms with E-state index in [0.717, 1.165) is 19.3 Å². The fraction of sp³-hybridized carbons (Fsp3) is 0.571. The van der Waals surface area contributed by atoms with E-state index in [0.29, 0.717) is 5.92 Å². The third-order valence-corrected chi connectivity index (χ3v) is 3.77. The minimum Gasteiger partial charge on any atom is -0.389 e. The average Bonchev–Trinajstić information content (AvgIpc) is 2.83. The monoisotopic (exact) mass is 204 g/mol. The molecule has 0 heterocycles. The van der Waals surface area contributed by atoms with Gasteiger partial charge in [-0.3, -0.25) is 0 Å². The van der Waals surface area contributed by atoms with Crippen molar-refractivity contribution < 1.29 is 5.11 Å². The van der Waals surface area contributed by atoms with Gasteiger partial charge in [0.2, 0.25) is 0 Å². The normalized spacial score (nSPS) is 29.2. The number of rotatable bonds is 3. The highest BCUT2D eigenvalue weighted by Gasteiger charge is 2.51. The second kappa shape index (κ2) is 3.64. The van der Waals surface area contributed by atoms with Crippen LogP contribution >= 0.6 is 0 Å². The Hall–Kier alpha value is -0.820. The van der Waals surface area contributed by atoms with Crippen LogP contribution in [0.5, 0.6) is 0 Å². The maximum Gasteiger partial charge on any atom is 0.0720 e. The van der Waals surface area contributed by atoms with Crippen LogP contribution in [0.15, 0.2) is 18.2 Å². The van der Waals surface area contributed by atoms with Crippen molar-refractivity contribution in [2.75, 3.05) is 0 Å². The van der Waals surface area contributed by atoms with Crippen molar-refractivity contribution in [2.45, 2.75) is 45.6 Å². The molecule has 0 aliphatic heterocycles. The quantitative estimate of drug-likeness (QED) is 0.802. The maximum atomic E-state index is 10.2. The van der Waals surface area contributed by atoms with E-state index < -0.39 is 5.60 Å². The third-order valence-electron chi connectivity index (χ3n) is 3.77. The van der Waals surface area contributed by atoms with Gasteiger partial charge in [0.15, 0.2) is 0 Å². The molecule has 1 aliphatic carbocycles. The van der Waals surface area contributed by atoms with Crippen molar-refractivity contribution >= 4 is 0 Å². The van der Waals surface area contributed by atoms with Crippen LogP contribution in [-0.2, 0) is 6.42 Å². The van der Waals surface area contributed by atoms with Gasteiger partial charge in [0.25, 0.3) is 0 Å². The summed E-state index contributed by atoms with van der Waals surface area (Å²) >= 11 is 0. The maximum absolute atomic E-state index is 10.2. The molecule has 0 saturated heterocycles. The van der Waals surface area contributed by atoms with E-state index in [1.54, 1.807) is 0 Å². The Morgan fingerprint density at radius 3 is 2.60 bits per heavy atom. The van der Waals surface area contributed by atoms with Crippen LogP contribution < -0.4 is 0 Å². The van der Waals surface area contributed by atoms with Crippen LogP contribution in [0.4, 0.5) is 0 Å². The molecule has 1 saturated carbocycles. The molecular weight excluding hydrogens is 184 g/mol. The molecule has 1 heteroatoms. The van der Waals surface area contributed by atoms with Gasteiger partial charge >= 0.3 is 0 Å². The molecule has 82 valence electrons. The van der Waals surface area contributed by atoms with Gasteiger partial charge in [0, 0.05) is 6.42 Å². The van der Waals surface area contributed by atoms with Crippen molar-refractivity contribution in [3.63, 3.8) is 0 Å². The second-order valence-electron chi connectivity index (χ2n) is 5.01. The lowest BCUT2D eigenvalue weighted by Gasteiger charge is -2.11. The second-order valence-corrected chi connectivity index (χ2v) is 5.01. The summed E-state index contributed by atoms with van der Waals surface area (Å²) in [6, 6.07) is 6.50. The minimum atomic E-state index is -0.392. The van der Waals surface area contributed by atoms with Gasteiger partial charge in [-0.2, -0.15) is 0 Å².